The lowest BCUT2D eigenvalue weighted by atomic mass is 10.2. The number of oxazole rings is 1. The highest BCUT2D eigenvalue weighted by atomic mass is 35.5. The standard InChI is InChI=1S/C15H11ClN2O4/c16-10-4-5-12-13(7-10)22-15(21)18(12)8-9-2-1-3-11(6-9)17-14(19)20/h1-7,17H,8H2,(H,19,20). The Morgan fingerprint density at radius 1 is 1.27 bits per heavy atom. The van der Waals surface area contributed by atoms with Gasteiger partial charge in [0.05, 0.1) is 12.1 Å². The maximum absolute atomic E-state index is 12.0. The van der Waals surface area contributed by atoms with E-state index in [1.165, 1.54) is 4.57 Å². The molecule has 0 unspecified atom stereocenters. The largest absolute Gasteiger partial charge is 0.465 e. The summed E-state index contributed by atoms with van der Waals surface area (Å²) in [5.41, 5.74) is 2.25. The van der Waals surface area contributed by atoms with Gasteiger partial charge in [0, 0.05) is 16.8 Å². The van der Waals surface area contributed by atoms with Crippen molar-refractivity contribution in [3.63, 3.8) is 0 Å². The monoisotopic (exact) mass is 318 g/mol. The summed E-state index contributed by atoms with van der Waals surface area (Å²) >= 11 is 5.87. The molecule has 22 heavy (non-hydrogen) atoms. The first-order valence-corrected chi connectivity index (χ1v) is 6.78. The number of nitrogens with zero attached hydrogens (tertiary/aromatic N) is 1. The average Bonchev–Trinajstić information content (AvgIpc) is 2.74. The van der Waals surface area contributed by atoms with Crippen LogP contribution in [0, 0.1) is 0 Å². The molecule has 1 aromatic heterocycles. The summed E-state index contributed by atoms with van der Waals surface area (Å²) in [7, 11) is 0. The number of carboxylic acid groups (broad SMARTS) is 1. The number of fused-ring (bicyclic) bond motifs is 1. The van der Waals surface area contributed by atoms with E-state index >= 15 is 0 Å². The number of aromatic nitrogens is 1. The third kappa shape index (κ3) is 2.82. The molecule has 0 saturated carbocycles. The summed E-state index contributed by atoms with van der Waals surface area (Å²) in [6.07, 6.45) is -1.14. The molecule has 0 aliphatic heterocycles. The van der Waals surface area contributed by atoms with Crippen molar-refractivity contribution in [3.8, 4) is 0 Å². The normalized spacial score (nSPS) is 10.8. The Bertz CT molecular complexity index is 913. The third-order valence-electron chi connectivity index (χ3n) is 3.15. The zero-order valence-electron chi connectivity index (χ0n) is 11.2. The van der Waals surface area contributed by atoms with E-state index in [1.807, 2.05) is 0 Å². The van der Waals surface area contributed by atoms with Gasteiger partial charge in [-0.2, -0.15) is 0 Å². The Balaban J connectivity index is 1.98. The smallest absolute Gasteiger partial charge is 0.420 e. The van der Waals surface area contributed by atoms with Crippen LogP contribution in [0.25, 0.3) is 11.1 Å². The van der Waals surface area contributed by atoms with Gasteiger partial charge in [0.15, 0.2) is 5.58 Å². The van der Waals surface area contributed by atoms with E-state index in [-0.39, 0.29) is 6.54 Å². The van der Waals surface area contributed by atoms with Crippen molar-refractivity contribution < 1.29 is 14.3 Å². The Hall–Kier alpha value is -2.73. The van der Waals surface area contributed by atoms with Crippen molar-refractivity contribution in [1.82, 2.24) is 4.57 Å². The highest BCUT2D eigenvalue weighted by Crippen LogP contribution is 2.20. The van der Waals surface area contributed by atoms with Gasteiger partial charge < -0.3 is 9.52 Å². The van der Waals surface area contributed by atoms with Crippen LogP contribution in [0.5, 0.6) is 0 Å². The van der Waals surface area contributed by atoms with Crippen LogP contribution in [-0.2, 0) is 6.54 Å². The lowest BCUT2D eigenvalue weighted by molar-refractivity contribution is 0.210. The lowest BCUT2D eigenvalue weighted by Crippen LogP contribution is -2.15. The fourth-order valence-electron chi connectivity index (χ4n) is 2.24. The number of halogens is 1. The summed E-state index contributed by atoms with van der Waals surface area (Å²) in [4.78, 5) is 22.6. The van der Waals surface area contributed by atoms with Crippen molar-refractivity contribution in [2.75, 3.05) is 5.32 Å². The number of nitrogens with one attached hydrogen (secondary N) is 1. The third-order valence-corrected chi connectivity index (χ3v) is 3.38. The number of anilines is 1. The van der Waals surface area contributed by atoms with E-state index in [0.29, 0.717) is 21.8 Å². The maximum Gasteiger partial charge on any atom is 0.420 e. The molecule has 0 spiro atoms. The molecule has 0 aliphatic carbocycles. The molecule has 112 valence electrons. The van der Waals surface area contributed by atoms with Gasteiger partial charge in [0.2, 0.25) is 0 Å². The van der Waals surface area contributed by atoms with Crippen LogP contribution in [0.2, 0.25) is 5.02 Å². The van der Waals surface area contributed by atoms with Gasteiger partial charge in [-0.05, 0) is 29.8 Å². The number of amides is 1. The minimum absolute atomic E-state index is 0.266. The van der Waals surface area contributed by atoms with Crippen molar-refractivity contribution in [1.29, 1.82) is 0 Å². The second kappa shape index (κ2) is 5.57. The van der Waals surface area contributed by atoms with Crippen LogP contribution in [-0.4, -0.2) is 15.8 Å². The van der Waals surface area contributed by atoms with Gasteiger partial charge in [-0.25, -0.2) is 9.59 Å². The average molecular weight is 319 g/mol. The molecular weight excluding hydrogens is 308 g/mol. The Kier molecular flexibility index (Phi) is 3.60. The van der Waals surface area contributed by atoms with Gasteiger partial charge in [0.25, 0.3) is 0 Å². The Morgan fingerprint density at radius 3 is 2.86 bits per heavy atom. The molecule has 1 heterocycles. The second-order valence-corrected chi connectivity index (χ2v) is 5.13. The van der Waals surface area contributed by atoms with E-state index < -0.39 is 11.8 Å². The van der Waals surface area contributed by atoms with Crippen LogP contribution in [0.1, 0.15) is 5.56 Å². The molecule has 0 fully saturated rings. The topological polar surface area (TPSA) is 84.5 Å². The molecule has 3 aromatic rings. The van der Waals surface area contributed by atoms with Gasteiger partial charge in [0.1, 0.15) is 0 Å². The molecule has 0 atom stereocenters. The van der Waals surface area contributed by atoms with Crippen molar-refractivity contribution in [2.24, 2.45) is 0 Å². The fraction of sp³-hybridized carbons (Fsp3) is 0.0667. The predicted octanol–water partition coefficient (Wildman–Crippen LogP) is 3.39. The van der Waals surface area contributed by atoms with Crippen molar-refractivity contribution >= 4 is 34.5 Å². The van der Waals surface area contributed by atoms with Gasteiger partial charge in [-0.1, -0.05) is 23.7 Å². The molecule has 7 heteroatoms. The lowest BCUT2D eigenvalue weighted by Gasteiger charge is -2.06. The predicted molar refractivity (Wildman–Crippen MR) is 82.7 cm³/mol. The fourth-order valence-corrected chi connectivity index (χ4v) is 2.41. The number of hydrogen-bond donors (Lipinski definition) is 2. The number of benzene rings is 2. The van der Waals surface area contributed by atoms with Crippen LogP contribution in [0.4, 0.5) is 10.5 Å². The first-order valence-electron chi connectivity index (χ1n) is 6.41. The highest BCUT2D eigenvalue weighted by Gasteiger charge is 2.10. The zero-order chi connectivity index (χ0) is 15.7. The molecule has 0 saturated heterocycles. The van der Waals surface area contributed by atoms with E-state index in [9.17, 15) is 9.59 Å². The number of hydrogen-bond acceptors (Lipinski definition) is 3. The first-order chi connectivity index (χ1) is 10.5. The summed E-state index contributed by atoms with van der Waals surface area (Å²) in [6.45, 7) is 0.266. The summed E-state index contributed by atoms with van der Waals surface area (Å²) in [6, 6.07) is 11.8. The summed E-state index contributed by atoms with van der Waals surface area (Å²) < 4.78 is 6.62. The summed E-state index contributed by atoms with van der Waals surface area (Å²) in [5, 5.41) is 11.5. The minimum atomic E-state index is -1.14. The van der Waals surface area contributed by atoms with Gasteiger partial charge in [-0.15, -0.1) is 0 Å². The molecule has 0 bridgehead atoms. The van der Waals surface area contributed by atoms with E-state index in [4.69, 9.17) is 21.1 Å². The quantitative estimate of drug-likeness (QED) is 0.775. The summed E-state index contributed by atoms with van der Waals surface area (Å²) in [5.74, 6) is -0.492. The SMILES string of the molecule is O=C(O)Nc1cccc(Cn2c(=O)oc3cc(Cl)ccc32)c1. The Morgan fingerprint density at radius 2 is 2.09 bits per heavy atom. The van der Waals surface area contributed by atoms with Gasteiger partial charge in [-0.3, -0.25) is 9.88 Å². The zero-order valence-corrected chi connectivity index (χ0v) is 12.0. The maximum atomic E-state index is 12.0. The van der Waals surface area contributed by atoms with Crippen LogP contribution in [0.3, 0.4) is 0 Å². The Labute approximate surface area is 129 Å². The minimum Gasteiger partial charge on any atom is -0.465 e. The van der Waals surface area contributed by atoms with Crippen LogP contribution < -0.4 is 11.1 Å². The van der Waals surface area contributed by atoms with Crippen LogP contribution >= 0.6 is 11.6 Å². The molecule has 0 radical (unpaired) electrons. The molecular formula is C15H11ClN2O4. The highest BCUT2D eigenvalue weighted by molar-refractivity contribution is 6.31. The van der Waals surface area contributed by atoms with Crippen LogP contribution in [0.15, 0.2) is 51.7 Å². The molecule has 2 aromatic carbocycles. The molecule has 3 rings (SSSR count). The van der Waals surface area contributed by atoms with Crippen molar-refractivity contribution in [2.45, 2.75) is 6.54 Å². The molecule has 1 amide bonds. The molecule has 6 nitrogen and oxygen atoms in total. The molecule has 2 N–H and O–H groups in total. The van der Waals surface area contributed by atoms with Crippen molar-refractivity contribution in [3.05, 3.63) is 63.6 Å². The number of carbonyl (C=O) groups is 1. The van der Waals surface area contributed by atoms with E-state index in [0.717, 1.165) is 5.56 Å². The number of rotatable bonds is 3. The first kappa shape index (κ1) is 14.2. The van der Waals surface area contributed by atoms with Gasteiger partial charge >= 0.3 is 11.8 Å². The van der Waals surface area contributed by atoms with E-state index in [2.05, 4.69) is 5.32 Å². The second-order valence-electron chi connectivity index (χ2n) is 4.70. The molecule has 0 aliphatic rings. The van der Waals surface area contributed by atoms with E-state index in [1.54, 1.807) is 42.5 Å².